The Balaban J connectivity index is 4.14. The molecule has 8 nitrogen and oxygen atoms in total. The number of nitrogens with zero attached hydrogens (tertiary/aromatic N) is 1. The highest BCUT2D eigenvalue weighted by Gasteiger charge is 2.27. The lowest BCUT2D eigenvalue weighted by molar-refractivity contribution is -0.870. The van der Waals surface area contributed by atoms with E-state index in [2.05, 4.69) is 67.8 Å². The first-order chi connectivity index (χ1) is 37.0. The van der Waals surface area contributed by atoms with Crippen LogP contribution < -0.4 is 5.32 Å². The van der Waals surface area contributed by atoms with Crippen LogP contribution in [0.4, 0.5) is 0 Å². The SMILES string of the molecule is CCCCCCC/C=C\C/C=C\CCCCCCCCCCCCCCCCCCCCCC(=O)NC(COP(=O)(O)OCC[N+](C)(C)C)C(O)/C=C/CC/C=C/CC/C=C/CCCCCCCCCCCCCCC. The maximum atomic E-state index is 13.0. The van der Waals surface area contributed by atoms with Gasteiger partial charge in [-0.25, -0.2) is 4.57 Å². The van der Waals surface area contributed by atoms with Crippen molar-refractivity contribution in [2.45, 2.75) is 321 Å². The minimum Gasteiger partial charge on any atom is -0.387 e. The van der Waals surface area contributed by atoms with Gasteiger partial charge in [0, 0.05) is 6.42 Å². The summed E-state index contributed by atoms with van der Waals surface area (Å²) in [5, 5.41) is 14.0. The molecule has 0 radical (unpaired) electrons. The minimum absolute atomic E-state index is 0.0534. The highest BCUT2D eigenvalue weighted by Crippen LogP contribution is 2.43. The number of amides is 1. The quantitative estimate of drug-likeness (QED) is 0.0243. The summed E-state index contributed by atoms with van der Waals surface area (Å²) in [5.41, 5.74) is 0. The van der Waals surface area contributed by atoms with Crippen molar-refractivity contribution >= 4 is 13.7 Å². The second-order valence-corrected chi connectivity index (χ2v) is 24.9. The van der Waals surface area contributed by atoms with Crippen molar-refractivity contribution in [3.63, 3.8) is 0 Å². The Hall–Kier alpha value is -1.80. The Morgan fingerprint density at radius 3 is 1.13 bits per heavy atom. The molecule has 0 aliphatic heterocycles. The lowest BCUT2D eigenvalue weighted by atomic mass is 10.0. The number of carbonyl (C=O) groups excluding carboxylic acids is 1. The summed E-state index contributed by atoms with van der Waals surface area (Å²) >= 11 is 0. The Morgan fingerprint density at radius 1 is 0.447 bits per heavy atom. The van der Waals surface area contributed by atoms with E-state index in [0.717, 1.165) is 51.4 Å². The first-order valence-corrected chi connectivity index (χ1v) is 34.2. The number of hydrogen-bond donors (Lipinski definition) is 3. The van der Waals surface area contributed by atoms with E-state index in [1.165, 1.54) is 238 Å². The van der Waals surface area contributed by atoms with E-state index in [1.54, 1.807) is 6.08 Å². The third-order valence-corrected chi connectivity index (χ3v) is 15.7. The number of allylic oxidation sites excluding steroid dienone is 9. The Kier molecular flexibility index (Phi) is 56.5. The van der Waals surface area contributed by atoms with Gasteiger partial charge in [0.15, 0.2) is 0 Å². The molecule has 0 aromatic carbocycles. The average Bonchev–Trinajstić information content (AvgIpc) is 3.38. The summed E-state index contributed by atoms with van der Waals surface area (Å²) < 4.78 is 23.8. The number of hydrogen-bond acceptors (Lipinski definition) is 5. The van der Waals surface area contributed by atoms with Crippen LogP contribution in [0.25, 0.3) is 0 Å². The minimum atomic E-state index is -4.36. The molecule has 9 heteroatoms. The average molecular weight is 1090 g/mol. The second kappa shape index (κ2) is 57.9. The number of nitrogens with one attached hydrogen (secondary N) is 1. The molecule has 0 fully saturated rings. The molecular formula is C67H128N2O6P+. The van der Waals surface area contributed by atoms with Crippen LogP contribution >= 0.6 is 7.82 Å². The standard InChI is InChI=1S/C67H127N2O6P/c1-6-8-10-12-14-16-18-20-22-24-26-28-30-31-32-33-34-35-36-37-39-41-43-45-47-49-51-53-55-57-59-61-67(71)68-65(64-75-76(72,73)74-63-62-69(3,4)5)66(70)60-58-56-54-52-50-48-46-44-42-40-38-29-27-25-23-21-19-17-15-13-11-9-7-2/h18,20,24,26,42,44,50,52,58,60,65-66,70H,6-17,19,21-23,25,27-41,43,45-49,51,53-57,59,61-64H2,1-5H3,(H-,68,71,72,73)/p+1/b20-18-,26-24-,44-42+,52-50+,60-58+. The predicted octanol–water partition coefficient (Wildman–Crippen LogP) is 20.4. The zero-order valence-electron chi connectivity index (χ0n) is 51.0. The topological polar surface area (TPSA) is 105 Å². The van der Waals surface area contributed by atoms with Crippen molar-refractivity contribution in [2.75, 3.05) is 40.9 Å². The molecule has 3 atom stereocenters. The van der Waals surface area contributed by atoms with E-state index in [4.69, 9.17) is 9.05 Å². The number of quaternary nitrogens is 1. The van der Waals surface area contributed by atoms with Crippen LogP contribution in [0.1, 0.15) is 309 Å². The maximum absolute atomic E-state index is 13.0. The molecule has 0 aliphatic carbocycles. The van der Waals surface area contributed by atoms with E-state index >= 15 is 0 Å². The lowest BCUT2D eigenvalue weighted by Gasteiger charge is -2.25. The van der Waals surface area contributed by atoms with Crippen molar-refractivity contribution in [3.05, 3.63) is 60.8 Å². The maximum Gasteiger partial charge on any atom is 0.472 e. The monoisotopic (exact) mass is 1090 g/mol. The molecule has 0 saturated carbocycles. The van der Waals surface area contributed by atoms with E-state index in [-0.39, 0.29) is 19.1 Å². The van der Waals surface area contributed by atoms with Crippen molar-refractivity contribution < 1.29 is 32.9 Å². The molecule has 0 aliphatic rings. The normalized spacial score (nSPS) is 14.1. The van der Waals surface area contributed by atoms with Crippen molar-refractivity contribution in [2.24, 2.45) is 0 Å². The molecule has 1 amide bonds. The number of unbranched alkanes of at least 4 members (excludes halogenated alkanes) is 39. The predicted molar refractivity (Wildman–Crippen MR) is 332 cm³/mol. The van der Waals surface area contributed by atoms with E-state index < -0.39 is 20.0 Å². The fourth-order valence-electron chi connectivity index (χ4n) is 9.58. The third kappa shape index (κ3) is 59.9. The molecule has 0 aromatic rings. The summed E-state index contributed by atoms with van der Waals surface area (Å²) in [5.74, 6) is -0.187. The van der Waals surface area contributed by atoms with Gasteiger partial charge in [-0.3, -0.25) is 13.8 Å². The molecule has 0 bridgehead atoms. The summed E-state index contributed by atoms with van der Waals surface area (Å²) in [6.07, 6.45) is 79.3. The molecule has 0 saturated heterocycles. The number of phosphoric acid groups is 1. The Bertz CT molecular complexity index is 1420. The molecule has 3 N–H and O–H groups in total. The van der Waals surface area contributed by atoms with Gasteiger partial charge in [0.2, 0.25) is 5.91 Å². The van der Waals surface area contributed by atoms with Gasteiger partial charge in [0.25, 0.3) is 0 Å². The number of aliphatic hydroxyl groups excluding tert-OH is 1. The van der Waals surface area contributed by atoms with Crippen LogP contribution in [0.15, 0.2) is 60.8 Å². The zero-order valence-corrected chi connectivity index (χ0v) is 51.9. The molecule has 0 spiro atoms. The van der Waals surface area contributed by atoms with Crippen molar-refractivity contribution in [3.8, 4) is 0 Å². The third-order valence-electron chi connectivity index (χ3n) is 14.7. The van der Waals surface area contributed by atoms with E-state index in [9.17, 15) is 19.4 Å². The highest BCUT2D eigenvalue weighted by molar-refractivity contribution is 7.47. The molecule has 76 heavy (non-hydrogen) atoms. The second-order valence-electron chi connectivity index (χ2n) is 23.5. The molecule has 0 aromatic heterocycles. The van der Waals surface area contributed by atoms with Gasteiger partial charge in [0.05, 0.1) is 39.9 Å². The van der Waals surface area contributed by atoms with Gasteiger partial charge in [-0.05, 0) is 77.0 Å². The molecule has 446 valence electrons. The molecular weight excluding hydrogens is 960 g/mol. The van der Waals surface area contributed by atoms with Gasteiger partial charge < -0.3 is 19.8 Å². The van der Waals surface area contributed by atoms with Crippen LogP contribution in [0, 0.1) is 0 Å². The van der Waals surface area contributed by atoms with Crippen LogP contribution in [-0.2, 0) is 18.4 Å². The highest BCUT2D eigenvalue weighted by atomic mass is 31.2. The van der Waals surface area contributed by atoms with Gasteiger partial charge >= 0.3 is 7.82 Å². The first-order valence-electron chi connectivity index (χ1n) is 32.7. The Morgan fingerprint density at radius 2 is 0.763 bits per heavy atom. The lowest BCUT2D eigenvalue weighted by Crippen LogP contribution is -2.45. The van der Waals surface area contributed by atoms with E-state index in [1.807, 2.05) is 27.2 Å². The number of likely N-dealkylation sites (N-methyl/N-ethyl adjacent to an activating group) is 1. The van der Waals surface area contributed by atoms with Crippen LogP contribution in [0.5, 0.6) is 0 Å². The summed E-state index contributed by atoms with van der Waals surface area (Å²) in [6.45, 7) is 4.81. The van der Waals surface area contributed by atoms with Gasteiger partial charge in [0.1, 0.15) is 13.2 Å². The summed E-state index contributed by atoms with van der Waals surface area (Å²) in [4.78, 5) is 23.4. The number of aliphatic hydroxyl groups is 1. The molecule has 0 rings (SSSR count). The summed E-state index contributed by atoms with van der Waals surface area (Å²) in [7, 11) is 1.55. The van der Waals surface area contributed by atoms with Crippen molar-refractivity contribution in [1.82, 2.24) is 5.32 Å². The Labute approximate surface area is 472 Å². The van der Waals surface area contributed by atoms with Crippen molar-refractivity contribution in [1.29, 1.82) is 0 Å². The van der Waals surface area contributed by atoms with Crippen LogP contribution in [0.3, 0.4) is 0 Å². The molecule has 3 unspecified atom stereocenters. The van der Waals surface area contributed by atoms with E-state index in [0.29, 0.717) is 17.4 Å². The number of phosphoric ester groups is 1. The summed E-state index contributed by atoms with van der Waals surface area (Å²) in [6, 6.07) is -0.872. The fourth-order valence-corrected chi connectivity index (χ4v) is 10.3. The van der Waals surface area contributed by atoms with Gasteiger partial charge in [-0.1, -0.05) is 286 Å². The smallest absolute Gasteiger partial charge is 0.387 e. The zero-order chi connectivity index (χ0) is 55.6. The number of rotatable bonds is 60. The van der Waals surface area contributed by atoms with Gasteiger partial charge in [-0.2, -0.15) is 0 Å². The first kappa shape index (κ1) is 74.2. The fraction of sp³-hybridized carbons (Fsp3) is 0.836. The largest absolute Gasteiger partial charge is 0.472 e. The van der Waals surface area contributed by atoms with Crippen LogP contribution in [0.2, 0.25) is 0 Å². The molecule has 0 heterocycles. The van der Waals surface area contributed by atoms with Crippen LogP contribution in [-0.4, -0.2) is 73.4 Å². The number of carbonyl (C=O) groups is 1. The van der Waals surface area contributed by atoms with Gasteiger partial charge in [-0.15, -0.1) is 0 Å².